The first-order chi connectivity index (χ1) is 16.8. The highest BCUT2D eigenvalue weighted by Gasteiger charge is 2.62. The molecule has 35 heavy (non-hydrogen) atoms. The molecule has 0 amide bonds. The lowest BCUT2D eigenvalue weighted by Gasteiger charge is -2.55. The molecule has 186 valence electrons. The fourth-order valence-electron chi connectivity index (χ4n) is 8.13. The summed E-state index contributed by atoms with van der Waals surface area (Å²) in [4.78, 5) is 24.9. The third kappa shape index (κ3) is 3.71. The lowest BCUT2D eigenvalue weighted by molar-refractivity contribution is -0.133. The topological polar surface area (TPSA) is 63.6 Å². The Balaban J connectivity index is 1.44. The van der Waals surface area contributed by atoms with Crippen LogP contribution in [0.15, 0.2) is 47.1 Å². The van der Waals surface area contributed by atoms with Gasteiger partial charge in [-0.2, -0.15) is 0 Å². The highest BCUT2D eigenvalue weighted by atomic mass is 16.5. The van der Waals surface area contributed by atoms with Crippen molar-refractivity contribution in [3.05, 3.63) is 58.2 Å². The van der Waals surface area contributed by atoms with E-state index in [2.05, 4.69) is 26.0 Å². The summed E-state index contributed by atoms with van der Waals surface area (Å²) < 4.78 is 6.41. The number of hydrogen-bond acceptors (Lipinski definition) is 4. The third-order valence-electron chi connectivity index (χ3n) is 10.3. The van der Waals surface area contributed by atoms with E-state index in [-0.39, 0.29) is 35.2 Å². The van der Waals surface area contributed by atoms with Crippen LogP contribution in [0.4, 0.5) is 0 Å². The number of aliphatic hydroxyl groups is 1. The number of benzene rings is 1. The van der Waals surface area contributed by atoms with Crippen molar-refractivity contribution in [2.45, 2.75) is 83.2 Å². The van der Waals surface area contributed by atoms with Gasteiger partial charge in [-0.3, -0.25) is 9.59 Å². The molecule has 1 aromatic rings. The Kier molecular flexibility index (Phi) is 5.69. The molecule has 0 aliphatic heterocycles. The maximum Gasteiger partial charge on any atom is 0.165 e. The number of Topliss-reactive ketones (excluding diaryl/α,β-unsaturated/α-hetero) is 1. The van der Waals surface area contributed by atoms with Gasteiger partial charge in [-0.25, -0.2) is 0 Å². The molecule has 0 spiro atoms. The van der Waals surface area contributed by atoms with Crippen molar-refractivity contribution in [2.75, 3.05) is 13.2 Å². The molecule has 1 aromatic carbocycles. The van der Waals surface area contributed by atoms with Crippen LogP contribution < -0.4 is 0 Å². The van der Waals surface area contributed by atoms with Gasteiger partial charge in [0.25, 0.3) is 0 Å². The number of fused-ring (bicyclic) bond motifs is 4. The van der Waals surface area contributed by atoms with E-state index < -0.39 is 0 Å². The van der Waals surface area contributed by atoms with Crippen molar-refractivity contribution in [3.8, 4) is 0 Å². The zero-order valence-electron chi connectivity index (χ0n) is 21.1. The van der Waals surface area contributed by atoms with Gasteiger partial charge in [-0.05, 0) is 92.9 Å². The zero-order chi connectivity index (χ0) is 24.4. The van der Waals surface area contributed by atoms with Gasteiger partial charge in [0.2, 0.25) is 0 Å². The summed E-state index contributed by atoms with van der Waals surface area (Å²) in [5.41, 5.74) is 6.19. The normalized spacial score (nSPS) is 36.4. The van der Waals surface area contributed by atoms with Crippen molar-refractivity contribution in [2.24, 2.45) is 23.2 Å². The van der Waals surface area contributed by atoms with E-state index in [4.69, 9.17) is 4.74 Å². The van der Waals surface area contributed by atoms with Crippen LogP contribution in [0.1, 0.15) is 93.5 Å². The molecule has 0 radical (unpaired) electrons. The molecule has 5 aliphatic rings. The molecule has 3 fully saturated rings. The molecule has 6 rings (SSSR count). The molecule has 0 aromatic heterocycles. The van der Waals surface area contributed by atoms with Crippen molar-refractivity contribution in [1.29, 1.82) is 0 Å². The molecule has 0 heterocycles. The molecule has 1 N–H and O–H groups in total. The van der Waals surface area contributed by atoms with Crippen LogP contribution in [-0.2, 0) is 9.53 Å². The average Bonchev–Trinajstić information content (AvgIpc) is 3.67. The van der Waals surface area contributed by atoms with Crippen molar-refractivity contribution in [3.63, 3.8) is 0 Å². The minimum Gasteiger partial charge on any atom is -0.394 e. The van der Waals surface area contributed by atoms with Crippen molar-refractivity contribution >= 4 is 11.6 Å². The predicted molar refractivity (Wildman–Crippen MR) is 135 cm³/mol. The fourth-order valence-corrected chi connectivity index (χ4v) is 8.13. The maximum absolute atomic E-state index is 12.6. The van der Waals surface area contributed by atoms with E-state index in [1.165, 1.54) is 16.7 Å². The first kappa shape index (κ1) is 23.4. The van der Waals surface area contributed by atoms with Gasteiger partial charge in [0, 0.05) is 29.2 Å². The zero-order valence-corrected chi connectivity index (χ0v) is 21.1. The molecule has 4 heteroatoms. The Morgan fingerprint density at radius 1 is 1.06 bits per heavy atom. The van der Waals surface area contributed by atoms with Gasteiger partial charge in [-0.1, -0.05) is 36.8 Å². The van der Waals surface area contributed by atoms with Crippen molar-refractivity contribution in [1.82, 2.24) is 0 Å². The standard InChI is InChI=1S/C31H38O4/c1-30-18-26(19-3-5-20(6-4-19)29(34)21-7-8-21)28-24-12-10-23(33)17-22(24)9-11-25(28)27(30)13-14-31(30,2)35-16-15-32/h3-6,17,21,25-27,32H,7-16,18H2,1-2H3/t25?,26-,27?,30+,31+/m1/s1. The fraction of sp³-hybridized carbons (Fsp3) is 0.613. The highest BCUT2D eigenvalue weighted by Crippen LogP contribution is 2.67. The molecule has 2 unspecified atom stereocenters. The van der Waals surface area contributed by atoms with Crippen LogP contribution >= 0.6 is 0 Å². The summed E-state index contributed by atoms with van der Waals surface area (Å²) in [6, 6.07) is 8.48. The number of carbonyl (C=O) groups is 2. The van der Waals surface area contributed by atoms with Gasteiger partial charge in [0.1, 0.15) is 0 Å². The summed E-state index contributed by atoms with van der Waals surface area (Å²) in [7, 11) is 0. The summed E-state index contributed by atoms with van der Waals surface area (Å²) in [5.74, 6) is 2.13. The van der Waals surface area contributed by atoms with Gasteiger partial charge >= 0.3 is 0 Å². The molecule has 5 atom stereocenters. The second-order valence-corrected chi connectivity index (χ2v) is 12.1. The Labute approximate surface area is 208 Å². The lowest BCUT2D eigenvalue weighted by Crippen LogP contribution is -2.51. The van der Waals surface area contributed by atoms with Crippen LogP contribution in [0.5, 0.6) is 0 Å². The maximum atomic E-state index is 12.6. The van der Waals surface area contributed by atoms with E-state index in [0.717, 1.165) is 56.9 Å². The Morgan fingerprint density at radius 3 is 2.54 bits per heavy atom. The molecular formula is C31H38O4. The van der Waals surface area contributed by atoms with E-state index in [1.807, 2.05) is 18.2 Å². The highest BCUT2D eigenvalue weighted by molar-refractivity contribution is 5.99. The monoisotopic (exact) mass is 474 g/mol. The minimum absolute atomic E-state index is 0.00969. The van der Waals surface area contributed by atoms with E-state index in [1.54, 1.807) is 5.57 Å². The Hall–Kier alpha value is -2.04. The molecule has 4 nitrogen and oxygen atoms in total. The quantitative estimate of drug-likeness (QED) is 0.518. The number of aliphatic hydroxyl groups excluding tert-OH is 1. The van der Waals surface area contributed by atoms with Crippen LogP contribution in [0.2, 0.25) is 0 Å². The summed E-state index contributed by atoms with van der Waals surface area (Å²) in [6.07, 6.45) is 10.8. The Morgan fingerprint density at radius 2 is 1.83 bits per heavy atom. The molecular weight excluding hydrogens is 436 g/mol. The molecule has 0 bridgehead atoms. The molecule has 0 saturated heterocycles. The van der Waals surface area contributed by atoms with Gasteiger partial charge in [0.05, 0.1) is 18.8 Å². The number of rotatable bonds is 6. The first-order valence-corrected chi connectivity index (χ1v) is 13.7. The Bertz CT molecular complexity index is 1110. The number of ketones is 2. The van der Waals surface area contributed by atoms with Crippen LogP contribution in [0, 0.1) is 23.2 Å². The van der Waals surface area contributed by atoms with E-state index in [0.29, 0.717) is 30.6 Å². The predicted octanol–water partition coefficient (Wildman–Crippen LogP) is 5.95. The molecule has 5 aliphatic carbocycles. The van der Waals surface area contributed by atoms with Crippen LogP contribution in [0.3, 0.4) is 0 Å². The summed E-state index contributed by atoms with van der Waals surface area (Å²) in [6.45, 7) is 5.13. The third-order valence-corrected chi connectivity index (χ3v) is 10.3. The van der Waals surface area contributed by atoms with Crippen molar-refractivity contribution < 1.29 is 19.4 Å². The second-order valence-electron chi connectivity index (χ2n) is 12.1. The first-order valence-electron chi connectivity index (χ1n) is 13.7. The van der Waals surface area contributed by atoms with Gasteiger partial charge < -0.3 is 9.84 Å². The summed E-state index contributed by atoms with van der Waals surface area (Å²) >= 11 is 0. The van der Waals surface area contributed by atoms with E-state index >= 15 is 0 Å². The van der Waals surface area contributed by atoms with Gasteiger partial charge in [0.15, 0.2) is 11.6 Å². The largest absolute Gasteiger partial charge is 0.394 e. The lowest BCUT2D eigenvalue weighted by atomic mass is 9.51. The number of ether oxygens (including phenoxy) is 1. The second kappa shape index (κ2) is 8.52. The van der Waals surface area contributed by atoms with E-state index in [9.17, 15) is 14.7 Å². The number of carbonyl (C=O) groups excluding carboxylic acids is 2. The van der Waals surface area contributed by atoms with Crippen LogP contribution in [0.25, 0.3) is 0 Å². The van der Waals surface area contributed by atoms with Crippen LogP contribution in [-0.4, -0.2) is 35.5 Å². The average molecular weight is 475 g/mol. The SMILES string of the molecule is C[C@]12C[C@H](c3ccc(C(=O)C4CC4)cc3)C3=C4CCC(=O)C=C4CCC3C1CC[C@]2(C)OCCO. The minimum atomic E-state index is -0.255. The molecule has 3 saturated carbocycles. The smallest absolute Gasteiger partial charge is 0.165 e. The summed E-state index contributed by atoms with van der Waals surface area (Å²) in [5, 5.41) is 9.51. The number of allylic oxidation sites excluding steroid dienone is 4. The number of hydrogen-bond donors (Lipinski definition) is 1. The van der Waals surface area contributed by atoms with Gasteiger partial charge in [-0.15, -0.1) is 0 Å².